The van der Waals surface area contributed by atoms with Crippen LogP contribution in [0.15, 0.2) is 48.3 Å². The van der Waals surface area contributed by atoms with Gasteiger partial charge in [-0.25, -0.2) is 4.39 Å². The largest absolute Gasteiger partial charge is 0.306 e. The first kappa shape index (κ1) is 11.4. The van der Waals surface area contributed by atoms with Gasteiger partial charge in [0.2, 0.25) is 5.83 Å². The summed E-state index contributed by atoms with van der Waals surface area (Å²) in [5.74, 6) is -2.19. The summed E-state index contributed by atoms with van der Waals surface area (Å²) in [5, 5.41) is 0. The number of benzene rings is 1. The summed E-state index contributed by atoms with van der Waals surface area (Å²) < 4.78 is 61.0. The Bertz CT molecular complexity index is 397. The van der Waals surface area contributed by atoms with Crippen molar-refractivity contribution in [2.75, 3.05) is 0 Å². The van der Waals surface area contributed by atoms with Gasteiger partial charge in [0.05, 0.1) is 5.57 Å². The van der Waals surface area contributed by atoms with Gasteiger partial charge in [-0.15, -0.1) is 0 Å². The zero-order chi connectivity index (χ0) is 11.4. The molecule has 0 fully saturated rings. The SMILES string of the molecule is FC(F)=C(F)C(=C(F)F)c1ccccc1. The molecular weight excluding hydrogens is 215 g/mol. The minimum Gasteiger partial charge on any atom is -0.200 e. The molecule has 0 aliphatic rings. The van der Waals surface area contributed by atoms with Crippen molar-refractivity contribution in [3.8, 4) is 0 Å². The smallest absolute Gasteiger partial charge is 0.200 e. The summed E-state index contributed by atoms with van der Waals surface area (Å²) in [6, 6.07) is 6.45. The van der Waals surface area contributed by atoms with Crippen molar-refractivity contribution >= 4 is 5.57 Å². The lowest BCUT2D eigenvalue weighted by molar-refractivity contribution is 0.381. The molecule has 0 aromatic heterocycles. The van der Waals surface area contributed by atoms with Crippen LogP contribution in [-0.4, -0.2) is 0 Å². The van der Waals surface area contributed by atoms with Gasteiger partial charge < -0.3 is 0 Å². The standard InChI is InChI=1S/C10H5F5/c11-8(10(14)15)7(9(12)13)6-4-2-1-3-5-6/h1-5H. The van der Waals surface area contributed by atoms with E-state index < -0.39 is 23.6 Å². The summed E-state index contributed by atoms with van der Waals surface area (Å²) >= 11 is 0. The second-order valence-electron chi connectivity index (χ2n) is 2.58. The average molecular weight is 220 g/mol. The molecule has 0 nitrogen and oxygen atoms in total. The molecule has 0 bridgehead atoms. The Labute approximate surface area is 82.3 Å². The van der Waals surface area contributed by atoms with Gasteiger partial charge in [0, 0.05) is 0 Å². The van der Waals surface area contributed by atoms with E-state index in [9.17, 15) is 22.0 Å². The lowest BCUT2D eigenvalue weighted by Crippen LogP contribution is -1.88. The molecule has 0 spiro atoms. The molecule has 0 unspecified atom stereocenters. The first-order valence-corrected chi connectivity index (χ1v) is 3.86. The van der Waals surface area contributed by atoms with Crippen LogP contribution < -0.4 is 0 Å². The second-order valence-corrected chi connectivity index (χ2v) is 2.58. The molecule has 0 saturated carbocycles. The van der Waals surface area contributed by atoms with Crippen molar-refractivity contribution in [3.63, 3.8) is 0 Å². The van der Waals surface area contributed by atoms with Crippen molar-refractivity contribution in [2.45, 2.75) is 0 Å². The highest BCUT2D eigenvalue weighted by Crippen LogP contribution is 2.31. The van der Waals surface area contributed by atoms with Crippen molar-refractivity contribution in [2.24, 2.45) is 0 Å². The first-order valence-electron chi connectivity index (χ1n) is 3.86. The van der Waals surface area contributed by atoms with E-state index >= 15 is 0 Å². The zero-order valence-corrected chi connectivity index (χ0v) is 7.28. The summed E-state index contributed by atoms with van der Waals surface area (Å²) in [5.41, 5.74) is -1.65. The molecule has 5 heteroatoms. The van der Waals surface area contributed by atoms with E-state index in [4.69, 9.17) is 0 Å². The Hall–Kier alpha value is -1.65. The molecular formula is C10H5F5. The van der Waals surface area contributed by atoms with Gasteiger partial charge in [-0.2, -0.15) is 17.6 Å². The van der Waals surface area contributed by atoms with E-state index in [1.165, 1.54) is 18.2 Å². The summed E-state index contributed by atoms with van der Waals surface area (Å²) in [6.45, 7) is 0. The average Bonchev–Trinajstić information content (AvgIpc) is 2.18. The van der Waals surface area contributed by atoms with Crippen LogP contribution in [0, 0.1) is 0 Å². The minimum atomic E-state index is -2.76. The fourth-order valence-corrected chi connectivity index (χ4v) is 1.02. The van der Waals surface area contributed by atoms with E-state index in [0.717, 1.165) is 12.1 Å². The normalized spacial score (nSPS) is 9.67. The Morgan fingerprint density at radius 1 is 0.733 bits per heavy atom. The fraction of sp³-hybridized carbons (Fsp3) is 0. The van der Waals surface area contributed by atoms with E-state index in [-0.39, 0.29) is 5.56 Å². The third kappa shape index (κ3) is 2.65. The maximum Gasteiger partial charge on any atom is 0.306 e. The van der Waals surface area contributed by atoms with Gasteiger partial charge in [-0.3, -0.25) is 0 Å². The minimum absolute atomic E-state index is 0.289. The molecule has 0 amide bonds. The molecule has 15 heavy (non-hydrogen) atoms. The van der Waals surface area contributed by atoms with Crippen LogP contribution in [0.4, 0.5) is 22.0 Å². The van der Waals surface area contributed by atoms with Crippen molar-refractivity contribution in [3.05, 3.63) is 53.9 Å². The Morgan fingerprint density at radius 3 is 1.67 bits per heavy atom. The quantitative estimate of drug-likeness (QED) is 0.512. The van der Waals surface area contributed by atoms with E-state index in [1.54, 1.807) is 0 Å². The third-order valence-corrected chi connectivity index (χ3v) is 1.64. The summed E-state index contributed by atoms with van der Waals surface area (Å²) in [4.78, 5) is 0. The van der Waals surface area contributed by atoms with Crippen LogP contribution in [0.5, 0.6) is 0 Å². The van der Waals surface area contributed by atoms with Crippen LogP contribution in [0.3, 0.4) is 0 Å². The Kier molecular flexibility index (Phi) is 3.60. The molecule has 1 rings (SSSR count). The monoisotopic (exact) mass is 220 g/mol. The van der Waals surface area contributed by atoms with E-state index in [2.05, 4.69) is 0 Å². The molecule has 0 aliphatic heterocycles. The van der Waals surface area contributed by atoms with Gasteiger partial charge in [0.1, 0.15) is 0 Å². The van der Waals surface area contributed by atoms with Crippen LogP contribution in [0.2, 0.25) is 0 Å². The first-order chi connectivity index (χ1) is 7.04. The highest BCUT2D eigenvalue weighted by atomic mass is 19.3. The van der Waals surface area contributed by atoms with Gasteiger partial charge in [-0.05, 0) is 5.56 Å². The van der Waals surface area contributed by atoms with E-state index in [0.29, 0.717) is 0 Å². The summed E-state index contributed by atoms with van der Waals surface area (Å²) in [6.07, 6.45) is -5.24. The lowest BCUT2D eigenvalue weighted by atomic mass is 10.1. The molecule has 1 aromatic carbocycles. The Morgan fingerprint density at radius 2 is 1.27 bits per heavy atom. The molecule has 0 atom stereocenters. The summed E-state index contributed by atoms with van der Waals surface area (Å²) in [7, 11) is 0. The van der Waals surface area contributed by atoms with Gasteiger partial charge in [0.15, 0.2) is 0 Å². The Balaban J connectivity index is 3.31. The van der Waals surface area contributed by atoms with Gasteiger partial charge in [0.25, 0.3) is 6.08 Å². The number of hydrogen-bond acceptors (Lipinski definition) is 0. The number of rotatable bonds is 2. The molecule has 0 N–H and O–H groups in total. The molecule has 80 valence electrons. The predicted octanol–water partition coefficient (Wildman–Crippen LogP) is 4.37. The van der Waals surface area contributed by atoms with Crippen LogP contribution in [0.1, 0.15) is 5.56 Å². The molecule has 0 saturated heterocycles. The molecule has 1 aromatic rings. The fourth-order valence-electron chi connectivity index (χ4n) is 1.02. The maximum atomic E-state index is 12.7. The second kappa shape index (κ2) is 4.72. The molecule has 0 radical (unpaired) electrons. The number of halogens is 5. The van der Waals surface area contributed by atoms with Crippen molar-refractivity contribution in [1.29, 1.82) is 0 Å². The molecule has 0 heterocycles. The van der Waals surface area contributed by atoms with Gasteiger partial charge in [-0.1, -0.05) is 30.3 Å². The zero-order valence-electron chi connectivity index (χ0n) is 7.28. The third-order valence-electron chi connectivity index (χ3n) is 1.64. The predicted molar refractivity (Wildman–Crippen MR) is 45.9 cm³/mol. The van der Waals surface area contributed by atoms with Crippen LogP contribution >= 0.6 is 0 Å². The highest BCUT2D eigenvalue weighted by Gasteiger charge is 2.19. The number of hydrogen-bond donors (Lipinski definition) is 0. The molecule has 0 aliphatic carbocycles. The van der Waals surface area contributed by atoms with Crippen molar-refractivity contribution in [1.82, 2.24) is 0 Å². The highest BCUT2D eigenvalue weighted by molar-refractivity contribution is 5.77. The maximum absolute atomic E-state index is 12.7. The van der Waals surface area contributed by atoms with E-state index in [1.807, 2.05) is 0 Å². The topological polar surface area (TPSA) is 0 Å². The van der Waals surface area contributed by atoms with Crippen LogP contribution in [-0.2, 0) is 0 Å². The van der Waals surface area contributed by atoms with Gasteiger partial charge >= 0.3 is 6.08 Å². The lowest BCUT2D eigenvalue weighted by Gasteiger charge is -2.02. The van der Waals surface area contributed by atoms with Crippen LogP contribution in [0.25, 0.3) is 5.57 Å². The van der Waals surface area contributed by atoms with Crippen molar-refractivity contribution < 1.29 is 22.0 Å². The number of allylic oxidation sites excluding steroid dienone is 2.